The molecule has 1 aromatic rings. The van der Waals surface area contributed by atoms with E-state index in [1.165, 1.54) is 0 Å². The number of fused-ring (bicyclic) bond motifs is 1. The summed E-state index contributed by atoms with van der Waals surface area (Å²) in [5.74, 6) is 0.534. The molecule has 1 atom stereocenters. The molecular weight excluding hydrogens is 318 g/mol. The van der Waals surface area contributed by atoms with Crippen LogP contribution in [0.25, 0.3) is 0 Å². The molecule has 6 nitrogen and oxygen atoms in total. The Morgan fingerprint density at radius 3 is 2.78 bits per heavy atom. The van der Waals surface area contributed by atoms with Crippen LogP contribution in [-0.2, 0) is 9.59 Å². The second-order valence-corrected chi connectivity index (χ2v) is 5.27. The van der Waals surface area contributed by atoms with E-state index in [4.69, 9.17) is 4.74 Å². The van der Waals surface area contributed by atoms with Gasteiger partial charge in [-0.3, -0.25) is 9.59 Å². The molecule has 2 N–H and O–H groups in total. The molecule has 0 bridgehead atoms. The normalized spacial score (nSPS) is 16.2. The summed E-state index contributed by atoms with van der Waals surface area (Å²) in [6.45, 7) is 3.60. The molecular formula is C16H24ClN3O3. The number of rotatable bonds is 7. The van der Waals surface area contributed by atoms with E-state index in [0.29, 0.717) is 18.8 Å². The lowest BCUT2D eigenvalue weighted by molar-refractivity contribution is -0.125. The maximum absolute atomic E-state index is 12.3. The summed E-state index contributed by atoms with van der Waals surface area (Å²) < 4.78 is 5.57. The number of anilines is 1. The highest BCUT2D eigenvalue weighted by Crippen LogP contribution is 2.33. The number of nitrogens with one attached hydrogen (secondary N) is 2. The number of ether oxygens (including phenoxy) is 1. The van der Waals surface area contributed by atoms with E-state index >= 15 is 0 Å². The zero-order valence-electron chi connectivity index (χ0n) is 13.5. The van der Waals surface area contributed by atoms with Crippen molar-refractivity contribution in [1.82, 2.24) is 10.6 Å². The zero-order chi connectivity index (χ0) is 15.9. The Morgan fingerprint density at radius 1 is 1.30 bits per heavy atom. The number of amides is 2. The van der Waals surface area contributed by atoms with Crippen LogP contribution in [-0.4, -0.2) is 44.6 Å². The van der Waals surface area contributed by atoms with Crippen molar-refractivity contribution in [2.24, 2.45) is 0 Å². The van der Waals surface area contributed by atoms with Gasteiger partial charge in [0.25, 0.3) is 5.91 Å². The Kier molecular flexibility index (Phi) is 7.85. The van der Waals surface area contributed by atoms with E-state index in [0.717, 1.165) is 18.7 Å². The predicted octanol–water partition coefficient (Wildman–Crippen LogP) is 1.34. The predicted molar refractivity (Wildman–Crippen MR) is 92.3 cm³/mol. The van der Waals surface area contributed by atoms with Crippen LogP contribution in [0.15, 0.2) is 24.3 Å². The highest BCUT2D eigenvalue weighted by molar-refractivity contribution is 6.00. The Balaban J connectivity index is 0.00000264. The number of benzene rings is 1. The van der Waals surface area contributed by atoms with Gasteiger partial charge in [-0.15, -0.1) is 12.4 Å². The minimum atomic E-state index is -0.520. The van der Waals surface area contributed by atoms with E-state index in [1.54, 1.807) is 11.8 Å². The van der Waals surface area contributed by atoms with E-state index in [9.17, 15) is 9.59 Å². The van der Waals surface area contributed by atoms with Crippen LogP contribution in [0.4, 0.5) is 5.69 Å². The number of hydrogen-bond donors (Lipinski definition) is 2. The Bertz CT molecular complexity index is 539. The van der Waals surface area contributed by atoms with Crippen LogP contribution in [0.3, 0.4) is 0 Å². The molecule has 2 amide bonds. The number of halogens is 1. The maximum atomic E-state index is 12.3. The molecule has 1 aromatic carbocycles. The van der Waals surface area contributed by atoms with Crippen LogP contribution >= 0.6 is 12.4 Å². The highest BCUT2D eigenvalue weighted by Gasteiger charge is 2.31. The van der Waals surface area contributed by atoms with Crippen LogP contribution in [0.1, 0.15) is 19.8 Å². The molecule has 7 heteroatoms. The fourth-order valence-corrected chi connectivity index (χ4v) is 2.38. The molecule has 0 aliphatic carbocycles. The molecule has 0 saturated heterocycles. The molecule has 2 rings (SSSR count). The topological polar surface area (TPSA) is 70.7 Å². The number of carbonyl (C=O) groups is 2. The molecule has 0 fully saturated rings. The van der Waals surface area contributed by atoms with Gasteiger partial charge in [0.15, 0.2) is 6.10 Å². The van der Waals surface area contributed by atoms with Crippen LogP contribution < -0.4 is 20.3 Å². The van der Waals surface area contributed by atoms with Gasteiger partial charge < -0.3 is 20.3 Å². The van der Waals surface area contributed by atoms with E-state index < -0.39 is 6.10 Å². The second kappa shape index (κ2) is 9.37. The van der Waals surface area contributed by atoms with Crippen molar-refractivity contribution in [3.8, 4) is 5.75 Å². The van der Waals surface area contributed by atoms with Gasteiger partial charge in [-0.25, -0.2) is 0 Å². The smallest absolute Gasteiger partial charge is 0.267 e. The fraction of sp³-hybridized carbons (Fsp3) is 0.500. The standard InChI is InChI=1S/C16H23N3O3.ClH/c1-12-16(21)19(13-6-3-4-7-14(13)22-12)11-8-15(20)18-10-5-9-17-2;/h3-4,6-7,12,17H,5,8-11H2,1-2H3,(H,18,20);1H. The average Bonchev–Trinajstić information content (AvgIpc) is 2.52. The third kappa shape index (κ3) is 5.11. The lowest BCUT2D eigenvalue weighted by Gasteiger charge is -2.32. The molecule has 1 heterocycles. The van der Waals surface area contributed by atoms with Gasteiger partial charge in [-0.05, 0) is 39.1 Å². The Morgan fingerprint density at radius 2 is 2.04 bits per heavy atom. The van der Waals surface area contributed by atoms with Crippen LogP contribution in [0, 0.1) is 0 Å². The first-order valence-electron chi connectivity index (χ1n) is 7.62. The molecule has 1 aliphatic heterocycles. The summed E-state index contributed by atoms with van der Waals surface area (Å²) in [6, 6.07) is 7.40. The monoisotopic (exact) mass is 341 g/mol. The second-order valence-electron chi connectivity index (χ2n) is 5.27. The lowest BCUT2D eigenvalue weighted by Crippen LogP contribution is -2.45. The number of para-hydroxylation sites is 2. The third-order valence-electron chi connectivity index (χ3n) is 3.56. The van der Waals surface area contributed by atoms with Crippen molar-refractivity contribution in [1.29, 1.82) is 0 Å². The van der Waals surface area contributed by atoms with Crippen molar-refractivity contribution in [3.05, 3.63) is 24.3 Å². The molecule has 1 unspecified atom stereocenters. The van der Waals surface area contributed by atoms with Crippen molar-refractivity contribution in [3.63, 3.8) is 0 Å². The van der Waals surface area contributed by atoms with Crippen molar-refractivity contribution in [2.75, 3.05) is 31.6 Å². The maximum Gasteiger partial charge on any atom is 0.267 e. The number of nitrogens with zero attached hydrogens (tertiary/aromatic N) is 1. The molecule has 1 aliphatic rings. The first kappa shape index (κ1) is 19.3. The van der Waals surface area contributed by atoms with Crippen LogP contribution in [0.5, 0.6) is 5.75 Å². The molecule has 128 valence electrons. The Labute approximate surface area is 143 Å². The summed E-state index contributed by atoms with van der Waals surface area (Å²) in [5, 5.41) is 5.89. The minimum absolute atomic E-state index is 0. The summed E-state index contributed by atoms with van der Waals surface area (Å²) in [6.07, 6.45) is 0.652. The van der Waals surface area contributed by atoms with Gasteiger partial charge in [-0.2, -0.15) is 0 Å². The molecule has 23 heavy (non-hydrogen) atoms. The lowest BCUT2D eigenvalue weighted by atomic mass is 10.1. The van der Waals surface area contributed by atoms with Gasteiger partial charge in [0, 0.05) is 19.5 Å². The van der Waals surface area contributed by atoms with Crippen molar-refractivity contribution in [2.45, 2.75) is 25.9 Å². The first-order chi connectivity index (χ1) is 10.6. The zero-order valence-corrected chi connectivity index (χ0v) is 14.3. The van der Waals surface area contributed by atoms with Gasteiger partial charge in [0.1, 0.15) is 5.75 Å². The number of carbonyl (C=O) groups excluding carboxylic acids is 2. The highest BCUT2D eigenvalue weighted by atomic mass is 35.5. The SMILES string of the molecule is CNCCCNC(=O)CCN1C(=O)C(C)Oc2ccccc21.Cl. The van der Waals surface area contributed by atoms with E-state index in [-0.39, 0.29) is 30.6 Å². The Hall–Kier alpha value is -1.79. The molecule has 0 radical (unpaired) electrons. The van der Waals surface area contributed by atoms with Crippen LogP contribution in [0.2, 0.25) is 0 Å². The van der Waals surface area contributed by atoms with Gasteiger partial charge in [-0.1, -0.05) is 12.1 Å². The summed E-state index contributed by atoms with van der Waals surface area (Å²) in [4.78, 5) is 25.7. The van der Waals surface area contributed by atoms with Gasteiger partial charge >= 0.3 is 0 Å². The van der Waals surface area contributed by atoms with Crippen molar-refractivity contribution < 1.29 is 14.3 Å². The summed E-state index contributed by atoms with van der Waals surface area (Å²) in [5.41, 5.74) is 0.730. The summed E-state index contributed by atoms with van der Waals surface area (Å²) >= 11 is 0. The third-order valence-corrected chi connectivity index (χ3v) is 3.56. The van der Waals surface area contributed by atoms with E-state index in [2.05, 4.69) is 10.6 Å². The van der Waals surface area contributed by atoms with Gasteiger partial charge in [0.2, 0.25) is 5.91 Å². The molecule has 0 spiro atoms. The first-order valence-corrected chi connectivity index (χ1v) is 7.62. The molecule has 0 saturated carbocycles. The largest absolute Gasteiger partial charge is 0.479 e. The fourth-order valence-electron chi connectivity index (χ4n) is 2.38. The average molecular weight is 342 g/mol. The number of hydrogen-bond acceptors (Lipinski definition) is 4. The summed E-state index contributed by atoms with van der Waals surface area (Å²) in [7, 11) is 1.88. The molecule has 0 aromatic heterocycles. The van der Waals surface area contributed by atoms with Crippen molar-refractivity contribution >= 4 is 29.9 Å². The minimum Gasteiger partial charge on any atom is -0.479 e. The van der Waals surface area contributed by atoms with Gasteiger partial charge in [0.05, 0.1) is 5.69 Å². The quantitative estimate of drug-likeness (QED) is 0.734. The van der Waals surface area contributed by atoms with E-state index in [1.807, 2.05) is 31.3 Å².